The van der Waals surface area contributed by atoms with Gasteiger partial charge in [0.25, 0.3) is 5.91 Å². The van der Waals surface area contributed by atoms with Crippen LogP contribution in [0.15, 0.2) is 54.9 Å². The molecule has 5 rings (SSSR count). The molecular formula is C33H39N7O3. The van der Waals surface area contributed by atoms with Crippen LogP contribution in [-0.2, 0) is 11.3 Å². The maximum absolute atomic E-state index is 12.7. The Kier molecular flexibility index (Phi) is 9.52. The zero-order valence-electron chi connectivity index (χ0n) is 25.1. The first-order valence-electron chi connectivity index (χ1n) is 14.9. The van der Waals surface area contributed by atoms with Gasteiger partial charge in [0.05, 0.1) is 35.1 Å². The van der Waals surface area contributed by atoms with Crippen molar-refractivity contribution in [2.24, 2.45) is 0 Å². The number of piperidine rings is 1. The van der Waals surface area contributed by atoms with E-state index in [1.54, 1.807) is 4.90 Å². The molecular weight excluding hydrogens is 542 g/mol. The minimum Gasteiger partial charge on any atom is -0.447 e. The molecule has 3 aromatic rings. The molecule has 224 valence electrons. The third-order valence-electron chi connectivity index (χ3n) is 8.53. The summed E-state index contributed by atoms with van der Waals surface area (Å²) in [5, 5.41) is 12.5. The Morgan fingerprint density at radius 2 is 1.84 bits per heavy atom. The Balaban J connectivity index is 1.21. The Labute approximate surface area is 253 Å². The van der Waals surface area contributed by atoms with Crippen LogP contribution in [0.5, 0.6) is 0 Å². The van der Waals surface area contributed by atoms with Gasteiger partial charge in [-0.2, -0.15) is 5.26 Å². The molecule has 2 saturated heterocycles. The van der Waals surface area contributed by atoms with Crippen LogP contribution in [0.2, 0.25) is 0 Å². The van der Waals surface area contributed by atoms with Gasteiger partial charge in [-0.3, -0.25) is 9.69 Å². The number of hydrogen-bond donors (Lipinski definition) is 1. The SMILES string of the molecule is Cc1ncnc(C)c1C(=O)NCCC(C)N1CCC(N(Cc2cccc(C#N)c2)c2ccc(N3CCOC3=O)cc2)CC1. The summed E-state index contributed by atoms with van der Waals surface area (Å²) in [7, 11) is 0. The summed E-state index contributed by atoms with van der Waals surface area (Å²) < 4.78 is 5.11. The number of nitrogens with zero attached hydrogens (tertiary/aromatic N) is 6. The van der Waals surface area contributed by atoms with Gasteiger partial charge in [0.2, 0.25) is 0 Å². The fraction of sp³-hybridized carbons (Fsp3) is 0.424. The summed E-state index contributed by atoms with van der Waals surface area (Å²) in [6, 6.07) is 18.8. The van der Waals surface area contributed by atoms with E-state index in [1.165, 1.54) is 6.33 Å². The molecule has 10 nitrogen and oxygen atoms in total. The van der Waals surface area contributed by atoms with Gasteiger partial charge in [-0.15, -0.1) is 0 Å². The van der Waals surface area contributed by atoms with Gasteiger partial charge >= 0.3 is 6.09 Å². The van der Waals surface area contributed by atoms with Crippen molar-refractivity contribution in [3.05, 3.63) is 82.9 Å². The lowest BCUT2D eigenvalue weighted by molar-refractivity contribution is 0.0943. The molecule has 0 spiro atoms. The topological polar surface area (TPSA) is 115 Å². The molecule has 2 amide bonds. The van der Waals surface area contributed by atoms with Gasteiger partial charge in [0, 0.05) is 49.6 Å². The molecule has 2 aliphatic rings. The summed E-state index contributed by atoms with van der Waals surface area (Å²) in [6.07, 6.45) is 4.02. The Morgan fingerprint density at radius 3 is 2.49 bits per heavy atom. The van der Waals surface area contributed by atoms with E-state index in [4.69, 9.17) is 4.74 Å². The van der Waals surface area contributed by atoms with Crippen LogP contribution in [-0.4, -0.2) is 71.7 Å². The number of nitrogens with one attached hydrogen (secondary N) is 1. The summed E-state index contributed by atoms with van der Waals surface area (Å²) in [6.45, 7) is 10.0. The second-order valence-electron chi connectivity index (χ2n) is 11.3. The lowest BCUT2D eigenvalue weighted by Gasteiger charge is -2.42. The molecule has 1 N–H and O–H groups in total. The molecule has 43 heavy (non-hydrogen) atoms. The molecule has 0 bridgehead atoms. The number of aromatic nitrogens is 2. The van der Waals surface area contributed by atoms with Crippen LogP contribution in [0.25, 0.3) is 0 Å². The van der Waals surface area contributed by atoms with E-state index in [0.29, 0.717) is 60.8 Å². The normalized spacial score (nSPS) is 16.4. The smallest absolute Gasteiger partial charge is 0.414 e. The fourth-order valence-corrected chi connectivity index (χ4v) is 6.04. The standard InChI is InChI=1S/C33H39N7O3/c1-23(11-14-35-32(41)31-24(2)36-22-37-25(31)3)38-15-12-30(13-16-38)40(21-27-6-4-5-26(19-27)20-34)29-9-7-28(8-10-29)39-17-18-43-33(39)42/h4-10,19,22-23,30H,11-18,21H2,1-3H3,(H,35,41). The number of rotatable bonds is 10. The maximum atomic E-state index is 12.7. The van der Waals surface area contributed by atoms with Gasteiger partial charge in [-0.1, -0.05) is 12.1 Å². The van der Waals surface area contributed by atoms with Gasteiger partial charge < -0.3 is 19.9 Å². The third-order valence-corrected chi connectivity index (χ3v) is 8.53. The van der Waals surface area contributed by atoms with Crippen molar-refractivity contribution in [1.82, 2.24) is 20.2 Å². The van der Waals surface area contributed by atoms with Crippen molar-refractivity contribution in [3.8, 4) is 6.07 Å². The maximum Gasteiger partial charge on any atom is 0.414 e. The van der Waals surface area contributed by atoms with Crippen molar-refractivity contribution in [3.63, 3.8) is 0 Å². The molecule has 3 heterocycles. The number of nitriles is 1. The molecule has 1 atom stereocenters. The predicted molar refractivity (Wildman–Crippen MR) is 165 cm³/mol. The van der Waals surface area contributed by atoms with Crippen LogP contribution < -0.4 is 15.1 Å². The van der Waals surface area contributed by atoms with Crippen molar-refractivity contribution in [2.45, 2.75) is 58.7 Å². The van der Waals surface area contributed by atoms with Gasteiger partial charge in [-0.25, -0.2) is 14.8 Å². The van der Waals surface area contributed by atoms with Crippen LogP contribution >= 0.6 is 0 Å². The molecule has 2 aromatic carbocycles. The molecule has 0 radical (unpaired) electrons. The number of likely N-dealkylation sites (tertiary alicyclic amines) is 1. The van der Waals surface area contributed by atoms with Crippen LogP contribution in [0, 0.1) is 25.2 Å². The summed E-state index contributed by atoms with van der Waals surface area (Å²) in [4.78, 5) is 39.7. The van der Waals surface area contributed by atoms with Gasteiger partial charge in [0.15, 0.2) is 0 Å². The largest absolute Gasteiger partial charge is 0.447 e. The Hall–Kier alpha value is -4.49. The highest BCUT2D eigenvalue weighted by atomic mass is 16.6. The average molecular weight is 582 g/mol. The number of carbonyl (C=O) groups is 2. The van der Waals surface area contributed by atoms with Crippen molar-refractivity contribution >= 4 is 23.4 Å². The minimum absolute atomic E-state index is 0.120. The number of ether oxygens (including phenoxy) is 1. The van der Waals surface area contributed by atoms with E-state index >= 15 is 0 Å². The van der Waals surface area contributed by atoms with Crippen molar-refractivity contribution in [2.75, 3.05) is 42.6 Å². The number of anilines is 2. The van der Waals surface area contributed by atoms with E-state index in [-0.39, 0.29) is 12.0 Å². The number of cyclic esters (lactones) is 1. The Bertz CT molecular complexity index is 1460. The molecule has 2 fully saturated rings. The van der Waals surface area contributed by atoms with E-state index < -0.39 is 0 Å². The average Bonchev–Trinajstić information content (AvgIpc) is 3.45. The predicted octanol–water partition coefficient (Wildman–Crippen LogP) is 4.60. The zero-order valence-corrected chi connectivity index (χ0v) is 25.1. The highest BCUT2D eigenvalue weighted by molar-refractivity contribution is 5.96. The molecule has 1 aromatic heterocycles. The Morgan fingerprint density at radius 1 is 1.12 bits per heavy atom. The van der Waals surface area contributed by atoms with Crippen molar-refractivity contribution < 1.29 is 14.3 Å². The monoisotopic (exact) mass is 581 g/mol. The summed E-state index contributed by atoms with van der Waals surface area (Å²) in [5.41, 5.74) is 5.61. The summed E-state index contributed by atoms with van der Waals surface area (Å²) >= 11 is 0. The number of hydrogen-bond acceptors (Lipinski definition) is 8. The second kappa shape index (κ2) is 13.7. The number of amides is 2. The molecule has 10 heteroatoms. The van der Waals surface area contributed by atoms with E-state index in [0.717, 1.165) is 49.3 Å². The first kappa shape index (κ1) is 30.0. The molecule has 0 aliphatic carbocycles. The summed E-state index contributed by atoms with van der Waals surface area (Å²) in [5.74, 6) is -0.120. The lowest BCUT2D eigenvalue weighted by Crippen LogP contribution is -2.48. The molecule has 1 unspecified atom stereocenters. The van der Waals surface area contributed by atoms with Crippen molar-refractivity contribution in [1.29, 1.82) is 5.26 Å². The molecule has 0 saturated carbocycles. The highest BCUT2D eigenvalue weighted by Gasteiger charge is 2.28. The first-order valence-corrected chi connectivity index (χ1v) is 14.9. The first-order chi connectivity index (χ1) is 20.8. The van der Waals surface area contributed by atoms with E-state index in [2.05, 4.69) is 56.3 Å². The van der Waals surface area contributed by atoms with E-state index in [1.807, 2.05) is 44.2 Å². The van der Waals surface area contributed by atoms with E-state index in [9.17, 15) is 14.9 Å². The van der Waals surface area contributed by atoms with Crippen LogP contribution in [0.3, 0.4) is 0 Å². The quantitative estimate of drug-likeness (QED) is 0.370. The van der Waals surface area contributed by atoms with Gasteiger partial charge in [0.1, 0.15) is 12.9 Å². The van der Waals surface area contributed by atoms with Crippen LogP contribution in [0.1, 0.15) is 59.1 Å². The zero-order chi connectivity index (χ0) is 30.3. The molecule has 2 aliphatic heterocycles. The fourth-order valence-electron chi connectivity index (χ4n) is 6.04. The third kappa shape index (κ3) is 7.12. The number of aryl methyl sites for hydroxylation is 2. The van der Waals surface area contributed by atoms with Gasteiger partial charge in [-0.05, 0) is 82.0 Å². The highest BCUT2D eigenvalue weighted by Crippen LogP contribution is 2.30. The number of benzene rings is 2. The lowest BCUT2D eigenvalue weighted by atomic mass is 9.99. The van der Waals surface area contributed by atoms with Crippen LogP contribution in [0.4, 0.5) is 16.2 Å². The minimum atomic E-state index is -0.307. The number of carbonyl (C=O) groups excluding carboxylic acids is 2. The second-order valence-corrected chi connectivity index (χ2v) is 11.3.